The van der Waals surface area contributed by atoms with Crippen molar-refractivity contribution in [1.29, 1.82) is 0 Å². The third kappa shape index (κ3) is 4.17. The van der Waals surface area contributed by atoms with E-state index >= 15 is 0 Å². The molecule has 0 aliphatic carbocycles. The van der Waals surface area contributed by atoms with E-state index in [-0.39, 0.29) is 31.5 Å². The summed E-state index contributed by atoms with van der Waals surface area (Å²) in [5.41, 5.74) is 16.1. The van der Waals surface area contributed by atoms with Gasteiger partial charge in [0.05, 0.1) is 11.0 Å². The molecule has 0 saturated carbocycles. The number of aromatic nitrogens is 2. The molecule has 4 aliphatic rings. The summed E-state index contributed by atoms with van der Waals surface area (Å²) in [7, 11) is 0. The van der Waals surface area contributed by atoms with Gasteiger partial charge in [0, 0.05) is 44.0 Å². The normalized spacial score (nSPS) is 20.0. The Morgan fingerprint density at radius 1 is 0.509 bits per heavy atom. The van der Waals surface area contributed by atoms with Gasteiger partial charge in [-0.15, -0.1) is 0 Å². The van der Waals surface area contributed by atoms with Crippen LogP contribution < -0.4 is 25.9 Å². The van der Waals surface area contributed by atoms with Gasteiger partial charge in [0.2, 0.25) is 12.6 Å². The van der Waals surface area contributed by atoms with Gasteiger partial charge in [0.1, 0.15) is 23.7 Å². The zero-order valence-electron chi connectivity index (χ0n) is 30.2. The molecular weight excluding hydrogens is 679 g/mol. The lowest BCUT2D eigenvalue weighted by Gasteiger charge is -2.34. The van der Waals surface area contributed by atoms with E-state index in [4.69, 9.17) is 18.9 Å². The van der Waals surface area contributed by atoms with Crippen molar-refractivity contribution >= 4 is 66.7 Å². The molecule has 262 valence electrons. The minimum Gasteiger partial charge on any atom is -0.462 e. The Morgan fingerprint density at radius 2 is 1.05 bits per heavy atom. The maximum absolute atomic E-state index is 6.05. The maximum Gasteiger partial charge on any atom is 0.252 e. The highest BCUT2D eigenvalue weighted by Gasteiger charge is 2.42. The van der Waals surface area contributed by atoms with Crippen LogP contribution in [0.5, 0.6) is 11.5 Å². The van der Waals surface area contributed by atoms with Crippen LogP contribution in [-0.2, 0) is 9.47 Å². The largest absolute Gasteiger partial charge is 0.462 e. The summed E-state index contributed by atoms with van der Waals surface area (Å²) in [6.07, 6.45) is -0.0521. The third-order valence-corrected chi connectivity index (χ3v) is 12.3. The Kier molecular flexibility index (Phi) is 5.85. The predicted octanol–water partition coefficient (Wildman–Crippen LogP) is 8.61. The summed E-state index contributed by atoms with van der Waals surface area (Å²) < 4.78 is 28.2. The molecule has 0 radical (unpaired) electrons. The van der Waals surface area contributed by atoms with Gasteiger partial charge in [-0.25, -0.2) is 0 Å². The van der Waals surface area contributed by atoms with Crippen LogP contribution in [0.15, 0.2) is 140 Å². The maximum atomic E-state index is 6.05. The second kappa shape index (κ2) is 10.7. The summed E-state index contributed by atoms with van der Waals surface area (Å²) >= 11 is 0. The molecule has 0 bridgehead atoms. The van der Waals surface area contributed by atoms with Gasteiger partial charge in [-0.1, -0.05) is 91.0 Å². The average molecular weight is 713 g/mol. The second-order valence-electron chi connectivity index (χ2n) is 15.4. The molecule has 6 nitrogen and oxygen atoms in total. The molecule has 4 aliphatic heterocycles. The Labute approximate surface area is 317 Å². The first-order chi connectivity index (χ1) is 27.1. The Morgan fingerprint density at radius 3 is 1.71 bits per heavy atom. The minimum absolute atomic E-state index is 0.0561. The molecule has 2 fully saturated rings. The van der Waals surface area contributed by atoms with Crippen LogP contribution in [-0.4, -0.2) is 40.6 Å². The van der Waals surface area contributed by atoms with Crippen LogP contribution in [0, 0.1) is 0 Å². The number of hydrogen-bond donors (Lipinski definition) is 0. The number of rotatable bonds is 6. The highest BCUT2D eigenvalue weighted by Crippen LogP contribution is 2.43. The Bertz CT molecular complexity index is 3110. The number of hydrogen-bond acceptors (Lipinski definition) is 4. The van der Waals surface area contributed by atoms with Crippen LogP contribution in [0.3, 0.4) is 0 Å². The van der Waals surface area contributed by atoms with Crippen molar-refractivity contribution in [2.24, 2.45) is 0 Å². The van der Waals surface area contributed by atoms with Gasteiger partial charge >= 0.3 is 0 Å². The molecular formula is C48H33BN2O4. The van der Waals surface area contributed by atoms with E-state index in [1.807, 2.05) is 13.8 Å². The lowest BCUT2D eigenvalue weighted by atomic mass is 9.34. The molecule has 0 amide bonds. The van der Waals surface area contributed by atoms with Crippen LogP contribution in [0.1, 0.15) is 13.8 Å². The predicted molar refractivity (Wildman–Crippen MR) is 221 cm³/mol. The number of epoxide rings is 2. The van der Waals surface area contributed by atoms with E-state index in [1.54, 1.807) is 0 Å². The quantitative estimate of drug-likeness (QED) is 0.128. The molecule has 55 heavy (non-hydrogen) atoms. The molecule has 4 atom stereocenters. The van der Waals surface area contributed by atoms with Crippen LogP contribution in [0.25, 0.3) is 77.2 Å². The zero-order chi connectivity index (χ0) is 36.1. The van der Waals surface area contributed by atoms with Crippen molar-refractivity contribution in [3.8, 4) is 45.1 Å². The van der Waals surface area contributed by atoms with Gasteiger partial charge in [0.15, 0.2) is 0 Å². The molecule has 9 aromatic rings. The molecule has 0 spiro atoms. The van der Waals surface area contributed by atoms with Gasteiger partial charge in [-0.3, -0.25) is 0 Å². The van der Waals surface area contributed by atoms with E-state index in [0.29, 0.717) is 0 Å². The highest BCUT2D eigenvalue weighted by atomic mass is 16.8. The van der Waals surface area contributed by atoms with Crippen molar-refractivity contribution in [2.75, 3.05) is 0 Å². The standard InChI is InChI=1S/C48H33BN2O4/c1-26-47(52-26)54-31-18-14-28(15-19-31)30-24-41-44-42(25-30)51-40-13-6-4-9-36(40)43-33(29-16-20-32(21-17-29)55-48-27(2)53-48)22-23-38(46(43)51)49(44)37-11-7-10-35-34-8-3-5-12-39(34)50(41)45(35)37/h3-27,47-48H,1-2H3. The number of benzene rings is 7. The van der Waals surface area contributed by atoms with Crippen LogP contribution in [0.4, 0.5) is 0 Å². The molecule has 7 aromatic carbocycles. The van der Waals surface area contributed by atoms with E-state index < -0.39 is 0 Å². The summed E-state index contributed by atoms with van der Waals surface area (Å²) in [6, 6.07) is 51.2. The first kappa shape index (κ1) is 30.1. The first-order valence-corrected chi connectivity index (χ1v) is 19.2. The lowest BCUT2D eigenvalue weighted by molar-refractivity contribution is 0.178. The average Bonchev–Trinajstić information content (AvgIpc) is 4.03. The fourth-order valence-electron chi connectivity index (χ4n) is 9.59. The summed E-state index contributed by atoms with van der Waals surface area (Å²) in [6.45, 7) is 4.12. The Balaban J connectivity index is 1.10. The summed E-state index contributed by atoms with van der Waals surface area (Å²) in [5.74, 6) is 1.64. The van der Waals surface area contributed by atoms with Crippen LogP contribution >= 0.6 is 0 Å². The number of para-hydroxylation sites is 3. The molecule has 2 aromatic heterocycles. The van der Waals surface area contributed by atoms with Crippen molar-refractivity contribution in [1.82, 2.24) is 9.13 Å². The highest BCUT2D eigenvalue weighted by molar-refractivity contribution is 7.00. The number of ether oxygens (including phenoxy) is 4. The van der Waals surface area contributed by atoms with Crippen molar-refractivity contribution < 1.29 is 18.9 Å². The molecule has 13 rings (SSSR count). The fraction of sp³-hybridized carbons (Fsp3) is 0.125. The topological polar surface area (TPSA) is 53.4 Å². The Hall–Kier alpha value is -6.28. The second-order valence-corrected chi connectivity index (χ2v) is 15.4. The first-order valence-electron chi connectivity index (χ1n) is 19.2. The molecule has 0 N–H and O–H groups in total. The van der Waals surface area contributed by atoms with E-state index in [2.05, 4.69) is 149 Å². The summed E-state index contributed by atoms with van der Waals surface area (Å²) in [4.78, 5) is 0. The SMILES string of the molecule is CC1OC1Oc1ccc(-c2cc3c4c(c2)-n2c5ccccc5c5c(-c6ccc(OC7OC7C)cc6)ccc(c52)B4c2cccc4c5ccccc5n-3c24)cc1. The van der Waals surface area contributed by atoms with E-state index in [1.165, 1.54) is 76.9 Å². The molecule has 6 heterocycles. The monoisotopic (exact) mass is 712 g/mol. The fourth-order valence-corrected chi connectivity index (χ4v) is 9.59. The van der Waals surface area contributed by atoms with Gasteiger partial charge in [0.25, 0.3) is 6.71 Å². The molecule has 4 unspecified atom stereocenters. The summed E-state index contributed by atoms with van der Waals surface area (Å²) in [5, 5.41) is 5.08. The smallest absolute Gasteiger partial charge is 0.252 e. The van der Waals surface area contributed by atoms with E-state index in [9.17, 15) is 0 Å². The lowest BCUT2D eigenvalue weighted by Crippen LogP contribution is -2.59. The van der Waals surface area contributed by atoms with E-state index in [0.717, 1.165) is 28.2 Å². The third-order valence-electron chi connectivity index (χ3n) is 12.3. The molecule has 2 saturated heterocycles. The van der Waals surface area contributed by atoms with Gasteiger partial charge < -0.3 is 28.1 Å². The van der Waals surface area contributed by atoms with Crippen molar-refractivity contribution in [2.45, 2.75) is 38.6 Å². The van der Waals surface area contributed by atoms with Gasteiger partial charge in [-0.05, 0) is 101 Å². The molecule has 7 heteroatoms. The van der Waals surface area contributed by atoms with Crippen molar-refractivity contribution in [3.05, 3.63) is 140 Å². The van der Waals surface area contributed by atoms with Crippen LogP contribution in [0.2, 0.25) is 0 Å². The minimum atomic E-state index is -0.165. The number of nitrogens with zero attached hydrogens (tertiary/aromatic N) is 2. The zero-order valence-corrected chi connectivity index (χ0v) is 30.2. The van der Waals surface area contributed by atoms with Crippen molar-refractivity contribution in [3.63, 3.8) is 0 Å². The number of fused-ring (bicyclic) bond motifs is 10. The van der Waals surface area contributed by atoms with Gasteiger partial charge in [-0.2, -0.15) is 0 Å².